The molecule has 0 unspecified atom stereocenters. The number of halogens is 4. The molecule has 2 rings (SSSR count). The molecular weight excluding hydrogens is 326 g/mol. The molecule has 0 heterocycles. The van der Waals surface area contributed by atoms with Crippen molar-refractivity contribution in [3.05, 3.63) is 56.5 Å². The zero-order valence-electron chi connectivity index (χ0n) is 9.50. The van der Waals surface area contributed by atoms with Crippen LogP contribution in [0.4, 0.5) is 11.4 Å². The van der Waals surface area contributed by atoms with Crippen molar-refractivity contribution in [1.82, 2.24) is 0 Å². The molecule has 0 aliphatic carbocycles. The van der Waals surface area contributed by atoms with Crippen molar-refractivity contribution >= 4 is 64.1 Å². The maximum atomic E-state index is 5.90. The average molecular weight is 334 g/mol. The summed E-state index contributed by atoms with van der Waals surface area (Å²) in [6, 6.07) is 10.4. The highest BCUT2D eigenvalue weighted by Crippen LogP contribution is 2.27. The molecule has 0 aliphatic heterocycles. The lowest BCUT2D eigenvalue weighted by atomic mass is 10.3. The number of hydrogen-bond acceptors (Lipinski definition) is 1. The van der Waals surface area contributed by atoms with Crippen molar-refractivity contribution in [2.75, 3.05) is 5.32 Å². The molecule has 1 N–H and O–H groups in total. The molecule has 6 heteroatoms. The van der Waals surface area contributed by atoms with Gasteiger partial charge in [-0.1, -0.05) is 46.4 Å². The first-order valence-corrected chi connectivity index (χ1v) is 6.76. The van der Waals surface area contributed by atoms with Crippen LogP contribution in [-0.4, -0.2) is 6.34 Å². The van der Waals surface area contributed by atoms with Gasteiger partial charge in [0.05, 0.1) is 32.1 Å². The molecule has 0 saturated heterocycles. The molecule has 2 aromatic rings. The first-order valence-electron chi connectivity index (χ1n) is 5.25. The molecule has 19 heavy (non-hydrogen) atoms. The van der Waals surface area contributed by atoms with Crippen LogP contribution in [0.15, 0.2) is 41.4 Å². The summed E-state index contributed by atoms with van der Waals surface area (Å²) in [5.74, 6) is 0. The fourth-order valence-electron chi connectivity index (χ4n) is 1.33. The molecule has 0 spiro atoms. The maximum absolute atomic E-state index is 5.90. The summed E-state index contributed by atoms with van der Waals surface area (Å²) in [7, 11) is 0. The van der Waals surface area contributed by atoms with Gasteiger partial charge in [0, 0.05) is 5.69 Å². The van der Waals surface area contributed by atoms with Gasteiger partial charge < -0.3 is 5.32 Å². The van der Waals surface area contributed by atoms with Gasteiger partial charge in [-0.3, -0.25) is 0 Å². The zero-order valence-corrected chi connectivity index (χ0v) is 12.5. The zero-order chi connectivity index (χ0) is 13.8. The van der Waals surface area contributed by atoms with Gasteiger partial charge in [-0.15, -0.1) is 0 Å². The van der Waals surface area contributed by atoms with E-state index in [1.165, 1.54) is 0 Å². The van der Waals surface area contributed by atoms with E-state index in [2.05, 4.69) is 10.3 Å². The quantitative estimate of drug-likeness (QED) is 0.534. The Morgan fingerprint density at radius 1 is 0.789 bits per heavy atom. The second-order valence-corrected chi connectivity index (χ2v) is 5.26. The number of hydrogen-bond donors (Lipinski definition) is 1. The summed E-state index contributed by atoms with van der Waals surface area (Å²) in [5, 5.41) is 4.94. The molecule has 0 aliphatic rings. The Balaban J connectivity index is 2.06. The van der Waals surface area contributed by atoms with Gasteiger partial charge in [0.1, 0.15) is 0 Å². The predicted molar refractivity (Wildman–Crippen MR) is 84.7 cm³/mol. The minimum absolute atomic E-state index is 0.464. The highest BCUT2D eigenvalue weighted by Gasteiger charge is 1.99. The standard InChI is InChI=1S/C13H8Cl4N2/c14-10-3-1-8(5-12(10)16)18-7-19-9-2-4-11(15)13(17)6-9/h1-7H,(H,18,19). The highest BCUT2D eigenvalue weighted by atomic mass is 35.5. The lowest BCUT2D eigenvalue weighted by Crippen LogP contribution is -1.93. The lowest BCUT2D eigenvalue weighted by Gasteiger charge is -2.02. The Morgan fingerprint density at radius 3 is 2.05 bits per heavy atom. The van der Waals surface area contributed by atoms with E-state index in [-0.39, 0.29) is 0 Å². The monoisotopic (exact) mass is 332 g/mol. The van der Waals surface area contributed by atoms with Gasteiger partial charge in [-0.25, -0.2) is 4.99 Å². The smallest absolute Gasteiger partial charge is 0.0930 e. The van der Waals surface area contributed by atoms with Crippen LogP contribution in [0.1, 0.15) is 0 Å². The predicted octanol–water partition coefficient (Wildman–Crippen LogP) is 6.07. The van der Waals surface area contributed by atoms with E-state index in [1.54, 1.807) is 42.7 Å². The van der Waals surface area contributed by atoms with Crippen LogP contribution < -0.4 is 5.32 Å². The van der Waals surface area contributed by atoms with Crippen molar-refractivity contribution < 1.29 is 0 Å². The van der Waals surface area contributed by atoms with Crippen LogP contribution in [0.3, 0.4) is 0 Å². The number of nitrogens with one attached hydrogen (secondary N) is 1. The molecule has 0 amide bonds. The Kier molecular flexibility index (Phi) is 4.94. The first kappa shape index (κ1) is 14.5. The molecule has 98 valence electrons. The molecular formula is C13H8Cl4N2. The summed E-state index contributed by atoms with van der Waals surface area (Å²) < 4.78 is 0. The van der Waals surface area contributed by atoms with E-state index in [4.69, 9.17) is 46.4 Å². The van der Waals surface area contributed by atoms with E-state index >= 15 is 0 Å². The van der Waals surface area contributed by atoms with Crippen LogP contribution in [0.2, 0.25) is 20.1 Å². The Labute approximate surface area is 131 Å². The summed E-state index contributed by atoms with van der Waals surface area (Å²) >= 11 is 23.4. The molecule has 0 atom stereocenters. The summed E-state index contributed by atoms with van der Waals surface area (Å²) in [6.45, 7) is 0. The van der Waals surface area contributed by atoms with Crippen LogP contribution in [-0.2, 0) is 0 Å². The van der Waals surface area contributed by atoms with E-state index in [0.29, 0.717) is 25.8 Å². The van der Waals surface area contributed by atoms with Gasteiger partial charge in [0.2, 0.25) is 0 Å². The number of rotatable bonds is 3. The van der Waals surface area contributed by atoms with Crippen LogP contribution in [0, 0.1) is 0 Å². The third kappa shape index (κ3) is 4.02. The molecule has 0 aromatic heterocycles. The van der Waals surface area contributed by atoms with Crippen molar-refractivity contribution in [2.24, 2.45) is 4.99 Å². The SMILES string of the molecule is Clc1ccc(N=CNc2ccc(Cl)c(Cl)c2)cc1Cl. The maximum Gasteiger partial charge on any atom is 0.0930 e. The van der Waals surface area contributed by atoms with Gasteiger partial charge in [0.25, 0.3) is 0 Å². The van der Waals surface area contributed by atoms with Crippen molar-refractivity contribution in [2.45, 2.75) is 0 Å². The normalized spacial score (nSPS) is 10.9. The molecule has 0 fully saturated rings. The Bertz CT molecular complexity index is 626. The number of anilines is 1. The van der Waals surface area contributed by atoms with Crippen LogP contribution in [0.25, 0.3) is 0 Å². The fraction of sp³-hybridized carbons (Fsp3) is 0. The summed E-state index contributed by atoms with van der Waals surface area (Å²) in [5.41, 5.74) is 1.49. The van der Waals surface area contributed by atoms with Crippen LogP contribution in [0.5, 0.6) is 0 Å². The second kappa shape index (κ2) is 6.49. The molecule has 0 radical (unpaired) electrons. The fourth-order valence-corrected chi connectivity index (χ4v) is 1.92. The van der Waals surface area contributed by atoms with Crippen LogP contribution >= 0.6 is 46.4 Å². The molecule has 2 aromatic carbocycles. The number of benzene rings is 2. The average Bonchev–Trinajstić information content (AvgIpc) is 2.38. The third-order valence-electron chi connectivity index (χ3n) is 2.27. The van der Waals surface area contributed by atoms with Gasteiger partial charge in [0.15, 0.2) is 0 Å². The van der Waals surface area contributed by atoms with E-state index < -0.39 is 0 Å². The first-order chi connectivity index (χ1) is 9.06. The Hall–Kier alpha value is -0.930. The van der Waals surface area contributed by atoms with Gasteiger partial charge in [-0.05, 0) is 36.4 Å². The molecule has 0 bridgehead atoms. The minimum atomic E-state index is 0.464. The largest absolute Gasteiger partial charge is 0.346 e. The topological polar surface area (TPSA) is 24.4 Å². The summed E-state index contributed by atoms with van der Waals surface area (Å²) in [4.78, 5) is 4.20. The van der Waals surface area contributed by atoms with Gasteiger partial charge in [-0.2, -0.15) is 0 Å². The number of aliphatic imine (C=N–C) groups is 1. The molecule has 2 nitrogen and oxygen atoms in total. The van der Waals surface area contributed by atoms with E-state index in [9.17, 15) is 0 Å². The lowest BCUT2D eigenvalue weighted by molar-refractivity contribution is 1.52. The van der Waals surface area contributed by atoms with Crippen molar-refractivity contribution in [3.63, 3.8) is 0 Å². The van der Waals surface area contributed by atoms with E-state index in [1.807, 2.05) is 0 Å². The van der Waals surface area contributed by atoms with Crippen molar-refractivity contribution in [1.29, 1.82) is 0 Å². The van der Waals surface area contributed by atoms with Crippen molar-refractivity contribution in [3.8, 4) is 0 Å². The minimum Gasteiger partial charge on any atom is -0.346 e. The van der Waals surface area contributed by atoms with Gasteiger partial charge >= 0.3 is 0 Å². The highest BCUT2D eigenvalue weighted by molar-refractivity contribution is 6.42. The second-order valence-electron chi connectivity index (χ2n) is 3.63. The molecule has 0 saturated carbocycles. The summed E-state index contributed by atoms with van der Waals surface area (Å²) in [6.07, 6.45) is 1.54. The third-order valence-corrected chi connectivity index (χ3v) is 3.75. The van der Waals surface area contributed by atoms with E-state index in [0.717, 1.165) is 5.69 Å². The number of nitrogens with zero attached hydrogens (tertiary/aromatic N) is 1. The Morgan fingerprint density at radius 2 is 1.42 bits per heavy atom.